The number of nitro groups is 1. The predicted molar refractivity (Wildman–Crippen MR) is 96.0 cm³/mol. The summed E-state index contributed by atoms with van der Waals surface area (Å²) in [6.07, 6.45) is 0. The summed E-state index contributed by atoms with van der Waals surface area (Å²) in [6, 6.07) is 12.6. The molecule has 0 fully saturated rings. The van der Waals surface area contributed by atoms with Gasteiger partial charge in [0.25, 0.3) is 0 Å². The van der Waals surface area contributed by atoms with E-state index >= 15 is 0 Å². The van der Waals surface area contributed by atoms with Gasteiger partial charge in [-0.25, -0.2) is 0 Å². The highest BCUT2D eigenvalue weighted by Gasteiger charge is 2.17. The van der Waals surface area contributed by atoms with Gasteiger partial charge in [-0.1, -0.05) is 23.7 Å². The Hall–Kier alpha value is -2.31. The first kappa shape index (κ1) is 18.0. The average molecular weight is 350 g/mol. The van der Waals surface area contributed by atoms with Crippen molar-refractivity contribution in [1.29, 1.82) is 0 Å². The summed E-state index contributed by atoms with van der Waals surface area (Å²) in [6.45, 7) is 0.635. The maximum absolute atomic E-state index is 10.9. The first-order valence-electron chi connectivity index (χ1n) is 7.40. The lowest BCUT2D eigenvalue weighted by Gasteiger charge is -2.25. The first-order chi connectivity index (χ1) is 11.4. The Morgan fingerprint density at radius 3 is 2.46 bits per heavy atom. The van der Waals surface area contributed by atoms with Crippen LogP contribution in [0.3, 0.4) is 0 Å². The van der Waals surface area contributed by atoms with E-state index in [1.54, 1.807) is 12.1 Å². The molecular formula is C17H20ClN3O3. The third-order valence-electron chi connectivity index (χ3n) is 3.75. The van der Waals surface area contributed by atoms with E-state index in [0.29, 0.717) is 11.6 Å². The number of nitro benzene ring substituents is 1. The molecular weight excluding hydrogens is 330 g/mol. The largest absolute Gasteiger partial charge is 0.490 e. The maximum Gasteiger partial charge on any atom is 0.311 e. The summed E-state index contributed by atoms with van der Waals surface area (Å²) in [5.74, 6) is 0.234. The second-order valence-electron chi connectivity index (χ2n) is 5.56. The molecule has 2 aromatic carbocycles. The number of likely N-dealkylation sites (N-methyl/N-ethyl adjacent to an activating group) is 1. The summed E-state index contributed by atoms with van der Waals surface area (Å²) in [7, 11) is 5.41. The zero-order valence-corrected chi connectivity index (χ0v) is 14.6. The Labute approximate surface area is 146 Å². The van der Waals surface area contributed by atoms with Crippen molar-refractivity contribution in [3.8, 4) is 5.75 Å². The van der Waals surface area contributed by atoms with Crippen LogP contribution in [0.25, 0.3) is 0 Å². The van der Waals surface area contributed by atoms with Crippen molar-refractivity contribution >= 4 is 23.0 Å². The fraction of sp³-hybridized carbons (Fsp3) is 0.294. The number of nitrogens with one attached hydrogen (secondary N) is 1. The minimum Gasteiger partial charge on any atom is -0.490 e. The molecule has 0 saturated carbocycles. The number of methoxy groups -OCH3 is 1. The molecule has 2 aromatic rings. The summed E-state index contributed by atoms with van der Waals surface area (Å²) in [5.41, 5.74) is 1.84. The van der Waals surface area contributed by atoms with Crippen LogP contribution >= 0.6 is 11.6 Å². The summed E-state index contributed by atoms with van der Waals surface area (Å²) in [4.78, 5) is 12.6. The molecule has 0 spiro atoms. The van der Waals surface area contributed by atoms with E-state index < -0.39 is 4.92 Å². The van der Waals surface area contributed by atoms with E-state index in [1.165, 1.54) is 13.2 Å². The van der Waals surface area contributed by atoms with Gasteiger partial charge in [0, 0.05) is 29.4 Å². The zero-order chi connectivity index (χ0) is 17.7. The van der Waals surface area contributed by atoms with Crippen LogP contribution in [0.1, 0.15) is 11.6 Å². The van der Waals surface area contributed by atoms with Gasteiger partial charge in [0.15, 0.2) is 5.75 Å². The molecule has 1 N–H and O–H groups in total. The van der Waals surface area contributed by atoms with E-state index in [2.05, 4.69) is 10.2 Å². The van der Waals surface area contributed by atoms with Crippen molar-refractivity contribution < 1.29 is 9.66 Å². The Balaban J connectivity index is 2.15. The van der Waals surface area contributed by atoms with Crippen molar-refractivity contribution in [2.24, 2.45) is 0 Å². The Bertz CT molecular complexity index is 705. The van der Waals surface area contributed by atoms with Crippen molar-refractivity contribution in [3.63, 3.8) is 0 Å². The second kappa shape index (κ2) is 7.99. The number of ether oxygens (including phenoxy) is 1. The molecule has 7 heteroatoms. The molecule has 0 radical (unpaired) electrons. The normalized spacial score (nSPS) is 12.0. The van der Waals surface area contributed by atoms with Crippen LogP contribution in [0.15, 0.2) is 42.5 Å². The van der Waals surface area contributed by atoms with E-state index in [9.17, 15) is 10.1 Å². The number of hydrogen-bond donors (Lipinski definition) is 1. The van der Waals surface area contributed by atoms with E-state index in [-0.39, 0.29) is 17.5 Å². The van der Waals surface area contributed by atoms with Gasteiger partial charge in [-0.3, -0.25) is 10.1 Å². The third-order valence-corrected chi connectivity index (χ3v) is 4.01. The standard InChI is InChI=1S/C17H20ClN3O3/c1-20(2)16(12-4-6-13(18)7-5-12)11-19-14-8-9-15(21(22)23)17(10-14)24-3/h4-10,16,19H,11H2,1-3H3. The average Bonchev–Trinajstić information content (AvgIpc) is 2.56. The van der Waals surface area contributed by atoms with Crippen molar-refractivity contribution in [2.75, 3.05) is 33.1 Å². The molecule has 24 heavy (non-hydrogen) atoms. The minimum atomic E-state index is -0.459. The number of halogens is 1. The molecule has 0 bridgehead atoms. The fourth-order valence-electron chi connectivity index (χ4n) is 2.44. The molecule has 0 amide bonds. The highest BCUT2D eigenvalue weighted by atomic mass is 35.5. The van der Waals surface area contributed by atoms with E-state index in [1.807, 2.05) is 38.4 Å². The molecule has 0 aliphatic carbocycles. The Kier molecular flexibility index (Phi) is 6.00. The molecule has 0 saturated heterocycles. The maximum atomic E-state index is 10.9. The highest BCUT2D eigenvalue weighted by molar-refractivity contribution is 6.30. The van der Waals surface area contributed by atoms with Gasteiger partial charge in [-0.05, 0) is 37.9 Å². The third kappa shape index (κ3) is 4.37. The summed E-state index contributed by atoms with van der Waals surface area (Å²) in [5, 5.41) is 14.9. The zero-order valence-electron chi connectivity index (χ0n) is 13.8. The lowest BCUT2D eigenvalue weighted by Crippen LogP contribution is -2.26. The minimum absolute atomic E-state index is 0.0510. The monoisotopic (exact) mass is 349 g/mol. The van der Waals surface area contributed by atoms with Gasteiger partial charge < -0.3 is 15.0 Å². The second-order valence-corrected chi connectivity index (χ2v) is 5.99. The van der Waals surface area contributed by atoms with Crippen LogP contribution in [0.4, 0.5) is 11.4 Å². The predicted octanol–water partition coefficient (Wildman–Crippen LogP) is 3.97. The fourth-order valence-corrected chi connectivity index (χ4v) is 2.56. The quantitative estimate of drug-likeness (QED) is 0.605. The van der Waals surface area contributed by atoms with Crippen molar-refractivity contribution in [1.82, 2.24) is 4.90 Å². The van der Waals surface area contributed by atoms with Crippen LogP contribution in [0, 0.1) is 10.1 Å². The molecule has 128 valence electrons. The lowest BCUT2D eigenvalue weighted by atomic mass is 10.1. The first-order valence-corrected chi connectivity index (χ1v) is 7.78. The number of benzene rings is 2. The van der Waals surface area contributed by atoms with Crippen molar-refractivity contribution in [3.05, 3.63) is 63.2 Å². The topological polar surface area (TPSA) is 67.6 Å². The van der Waals surface area contributed by atoms with Gasteiger partial charge in [-0.2, -0.15) is 0 Å². The van der Waals surface area contributed by atoms with Crippen LogP contribution in [-0.4, -0.2) is 37.6 Å². The van der Waals surface area contributed by atoms with Gasteiger partial charge >= 0.3 is 5.69 Å². The van der Waals surface area contributed by atoms with E-state index in [0.717, 1.165) is 11.3 Å². The van der Waals surface area contributed by atoms with Gasteiger partial charge in [0.1, 0.15) is 0 Å². The summed E-state index contributed by atoms with van der Waals surface area (Å²) < 4.78 is 5.09. The Morgan fingerprint density at radius 2 is 1.92 bits per heavy atom. The molecule has 0 aliphatic rings. The molecule has 0 aromatic heterocycles. The lowest BCUT2D eigenvalue weighted by molar-refractivity contribution is -0.385. The number of nitrogens with zero attached hydrogens (tertiary/aromatic N) is 2. The van der Waals surface area contributed by atoms with E-state index in [4.69, 9.17) is 16.3 Å². The molecule has 1 unspecified atom stereocenters. The van der Waals surface area contributed by atoms with Crippen LogP contribution < -0.4 is 10.1 Å². The SMILES string of the molecule is COc1cc(NCC(c2ccc(Cl)cc2)N(C)C)ccc1[N+](=O)[O-]. The van der Waals surface area contributed by atoms with Gasteiger partial charge in [-0.15, -0.1) is 0 Å². The summed E-state index contributed by atoms with van der Waals surface area (Å²) >= 11 is 5.94. The smallest absolute Gasteiger partial charge is 0.311 e. The highest BCUT2D eigenvalue weighted by Crippen LogP contribution is 2.30. The van der Waals surface area contributed by atoms with Crippen molar-refractivity contribution in [2.45, 2.75) is 6.04 Å². The van der Waals surface area contributed by atoms with Crippen LogP contribution in [0.2, 0.25) is 5.02 Å². The molecule has 6 nitrogen and oxygen atoms in total. The molecule has 0 aliphatic heterocycles. The molecule has 0 heterocycles. The Morgan fingerprint density at radius 1 is 1.25 bits per heavy atom. The number of anilines is 1. The van der Waals surface area contributed by atoms with Gasteiger partial charge in [0.05, 0.1) is 18.1 Å². The van der Waals surface area contributed by atoms with Gasteiger partial charge in [0.2, 0.25) is 0 Å². The molecule has 1 atom stereocenters. The van der Waals surface area contributed by atoms with Crippen LogP contribution in [0.5, 0.6) is 5.75 Å². The number of rotatable bonds is 7. The van der Waals surface area contributed by atoms with Crippen LogP contribution in [-0.2, 0) is 0 Å². The number of hydrogen-bond acceptors (Lipinski definition) is 5. The molecule has 2 rings (SSSR count).